The molecule has 0 spiro atoms. The molecule has 0 radical (unpaired) electrons. The summed E-state index contributed by atoms with van der Waals surface area (Å²) in [5.74, 6) is -3.03. The van der Waals surface area contributed by atoms with Crippen LogP contribution in [0, 0.1) is 5.92 Å². The standard InChI is InChI=1S/C21H18ClNO7/c1-28-19(25)12-7-13(20(26)29-2)9-17(8-12)30-21(27)14-10-18(24)23(11-14)16-5-3-15(22)4-6-16/h3-9,14H,10-11H2,1-2H3. The van der Waals surface area contributed by atoms with Gasteiger partial charge in [-0.1, -0.05) is 11.6 Å². The summed E-state index contributed by atoms with van der Waals surface area (Å²) in [6.45, 7) is 0.139. The number of carbonyl (C=O) groups is 4. The van der Waals surface area contributed by atoms with Crippen LogP contribution in [0.3, 0.4) is 0 Å². The van der Waals surface area contributed by atoms with Crippen LogP contribution in [-0.4, -0.2) is 44.6 Å². The van der Waals surface area contributed by atoms with Crippen molar-refractivity contribution in [2.75, 3.05) is 25.7 Å². The Hall–Kier alpha value is -3.39. The average molecular weight is 432 g/mol. The van der Waals surface area contributed by atoms with Crippen LogP contribution in [0.25, 0.3) is 0 Å². The van der Waals surface area contributed by atoms with E-state index in [1.165, 1.54) is 37.3 Å². The first-order valence-electron chi connectivity index (χ1n) is 8.91. The lowest BCUT2D eigenvalue weighted by Gasteiger charge is -2.16. The van der Waals surface area contributed by atoms with Crippen molar-refractivity contribution < 1.29 is 33.4 Å². The molecule has 1 fully saturated rings. The van der Waals surface area contributed by atoms with Crippen molar-refractivity contribution in [3.8, 4) is 5.75 Å². The molecule has 1 atom stereocenters. The van der Waals surface area contributed by atoms with Crippen molar-refractivity contribution in [1.82, 2.24) is 0 Å². The van der Waals surface area contributed by atoms with Gasteiger partial charge in [0.25, 0.3) is 0 Å². The number of benzene rings is 2. The fourth-order valence-corrected chi connectivity index (χ4v) is 3.19. The first kappa shape index (κ1) is 21.3. The van der Waals surface area contributed by atoms with Crippen LogP contribution >= 0.6 is 11.6 Å². The van der Waals surface area contributed by atoms with Gasteiger partial charge in [-0.05, 0) is 42.5 Å². The number of carbonyl (C=O) groups excluding carboxylic acids is 4. The van der Waals surface area contributed by atoms with Gasteiger partial charge in [0, 0.05) is 23.7 Å². The monoisotopic (exact) mass is 431 g/mol. The molecule has 1 amide bonds. The van der Waals surface area contributed by atoms with E-state index in [1.807, 2.05) is 0 Å². The number of hydrogen-bond acceptors (Lipinski definition) is 7. The predicted molar refractivity (Wildman–Crippen MR) is 107 cm³/mol. The molecule has 1 aliphatic heterocycles. The third kappa shape index (κ3) is 4.60. The number of methoxy groups -OCH3 is 2. The lowest BCUT2D eigenvalue weighted by molar-refractivity contribution is -0.139. The molecular formula is C21H18ClNO7. The van der Waals surface area contributed by atoms with Crippen LogP contribution in [0.5, 0.6) is 5.75 Å². The molecule has 1 saturated heterocycles. The number of nitrogens with zero attached hydrogens (tertiary/aromatic N) is 1. The number of halogens is 1. The van der Waals surface area contributed by atoms with E-state index in [1.54, 1.807) is 24.3 Å². The molecule has 0 aliphatic carbocycles. The molecular weight excluding hydrogens is 414 g/mol. The van der Waals surface area contributed by atoms with E-state index in [0.717, 1.165) is 0 Å². The second-order valence-corrected chi connectivity index (χ2v) is 6.97. The van der Waals surface area contributed by atoms with Crippen LogP contribution in [0.15, 0.2) is 42.5 Å². The predicted octanol–water partition coefficient (Wildman–Crippen LogP) is 2.87. The van der Waals surface area contributed by atoms with Crippen molar-refractivity contribution >= 4 is 41.1 Å². The second-order valence-electron chi connectivity index (χ2n) is 6.53. The summed E-state index contributed by atoms with van der Waals surface area (Å²) < 4.78 is 14.7. The molecule has 2 aromatic carbocycles. The number of ether oxygens (including phenoxy) is 3. The molecule has 2 aromatic rings. The average Bonchev–Trinajstić information content (AvgIpc) is 3.14. The van der Waals surface area contributed by atoms with Crippen LogP contribution in [0.2, 0.25) is 5.02 Å². The topological polar surface area (TPSA) is 99.2 Å². The number of hydrogen-bond donors (Lipinski definition) is 0. The molecule has 30 heavy (non-hydrogen) atoms. The van der Waals surface area contributed by atoms with Gasteiger partial charge in [-0.3, -0.25) is 9.59 Å². The summed E-state index contributed by atoms with van der Waals surface area (Å²) in [5.41, 5.74) is 0.669. The van der Waals surface area contributed by atoms with E-state index >= 15 is 0 Å². The van der Waals surface area contributed by atoms with Crippen molar-refractivity contribution in [2.24, 2.45) is 5.92 Å². The number of esters is 3. The molecule has 0 N–H and O–H groups in total. The molecule has 3 rings (SSSR count). The first-order chi connectivity index (χ1) is 14.3. The second kappa shape index (κ2) is 8.96. The van der Waals surface area contributed by atoms with Crippen LogP contribution in [0.1, 0.15) is 27.1 Å². The number of rotatable bonds is 5. The lowest BCUT2D eigenvalue weighted by Crippen LogP contribution is -2.27. The summed E-state index contributed by atoms with van der Waals surface area (Å²) in [7, 11) is 2.38. The van der Waals surface area contributed by atoms with Gasteiger partial charge in [0.15, 0.2) is 0 Å². The highest BCUT2D eigenvalue weighted by molar-refractivity contribution is 6.30. The van der Waals surface area contributed by atoms with E-state index in [0.29, 0.717) is 10.7 Å². The third-order valence-corrected chi connectivity index (χ3v) is 4.82. The smallest absolute Gasteiger partial charge is 0.338 e. The zero-order valence-electron chi connectivity index (χ0n) is 16.2. The Labute approximate surface area is 177 Å². The van der Waals surface area contributed by atoms with Gasteiger partial charge in [-0.2, -0.15) is 0 Å². The summed E-state index contributed by atoms with van der Waals surface area (Å²) in [4.78, 5) is 50.2. The molecule has 0 bridgehead atoms. The summed E-state index contributed by atoms with van der Waals surface area (Å²) >= 11 is 5.87. The van der Waals surface area contributed by atoms with Crippen molar-refractivity contribution in [3.05, 3.63) is 58.6 Å². The number of amides is 1. The molecule has 156 valence electrons. The highest BCUT2D eigenvalue weighted by Gasteiger charge is 2.36. The third-order valence-electron chi connectivity index (χ3n) is 4.56. The minimum atomic E-state index is -0.712. The quantitative estimate of drug-likeness (QED) is 0.530. The van der Waals surface area contributed by atoms with Gasteiger partial charge in [-0.15, -0.1) is 0 Å². The fraction of sp³-hybridized carbons (Fsp3) is 0.238. The molecule has 9 heteroatoms. The maximum absolute atomic E-state index is 12.6. The molecule has 1 aliphatic rings. The fourth-order valence-electron chi connectivity index (χ4n) is 3.06. The van der Waals surface area contributed by atoms with E-state index < -0.39 is 23.8 Å². The minimum absolute atomic E-state index is 0.0217. The van der Waals surface area contributed by atoms with E-state index in [9.17, 15) is 19.2 Å². The SMILES string of the molecule is COC(=O)c1cc(OC(=O)C2CC(=O)N(c3ccc(Cl)cc3)C2)cc(C(=O)OC)c1. The Balaban J connectivity index is 1.78. The van der Waals surface area contributed by atoms with Gasteiger partial charge >= 0.3 is 17.9 Å². The minimum Gasteiger partial charge on any atom is -0.465 e. The molecule has 1 unspecified atom stereocenters. The van der Waals surface area contributed by atoms with E-state index in [4.69, 9.17) is 16.3 Å². The van der Waals surface area contributed by atoms with Crippen molar-refractivity contribution in [1.29, 1.82) is 0 Å². The summed E-state index contributed by atoms with van der Waals surface area (Å²) in [5, 5.41) is 0.535. The van der Waals surface area contributed by atoms with Gasteiger partial charge in [0.05, 0.1) is 31.3 Å². The number of anilines is 1. The largest absolute Gasteiger partial charge is 0.465 e. The summed E-state index contributed by atoms with van der Waals surface area (Å²) in [6.07, 6.45) is -0.0258. The van der Waals surface area contributed by atoms with Crippen molar-refractivity contribution in [2.45, 2.75) is 6.42 Å². The first-order valence-corrected chi connectivity index (χ1v) is 9.29. The maximum atomic E-state index is 12.6. The normalized spacial score (nSPS) is 15.6. The van der Waals surface area contributed by atoms with Crippen LogP contribution < -0.4 is 9.64 Å². The Morgan fingerprint density at radius 2 is 1.53 bits per heavy atom. The van der Waals surface area contributed by atoms with Gasteiger partial charge < -0.3 is 19.1 Å². The zero-order chi connectivity index (χ0) is 21.8. The van der Waals surface area contributed by atoms with Gasteiger partial charge in [-0.25, -0.2) is 9.59 Å². The Bertz CT molecular complexity index is 969. The van der Waals surface area contributed by atoms with Crippen LogP contribution in [-0.2, 0) is 19.1 Å². The Morgan fingerprint density at radius 3 is 2.07 bits per heavy atom. The zero-order valence-corrected chi connectivity index (χ0v) is 17.0. The highest BCUT2D eigenvalue weighted by Crippen LogP contribution is 2.28. The molecule has 8 nitrogen and oxygen atoms in total. The Morgan fingerprint density at radius 1 is 0.967 bits per heavy atom. The molecule has 1 heterocycles. The summed E-state index contributed by atoms with van der Waals surface area (Å²) in [6, 6.07) is 10.5. The maximum Gasteiger partial charge on any atom is 0.338 e. The van der Waals surface area contributed by atoms with Gasteiger partial charge in [0.1, 0.15) is 5.75 Å². The van der Waals surface area contributed by atoms with Crippen molar-refractivity contribution in [3.63, 3.8) is 0 Å². The van der Waals surface area contributed by atoms with E-state index in [-0.39, 0.29) is 35.7 Å². The Kier molecular flexibility index (Phi) is 6.37. The molecule has 0 aromatic heterocycles. The van der Waals surface area contributed by atoms with Gasteiger partial charge in [0.2, 0.25) is 5.91 Å². The molecule has 0 saturated carbocycles. The van der Waals surface area contributed by atoms with E-state index in [2.05, 4.69) is 9.47 Å². The highest BCUT2D eigenvalue weighted by atomic mass is 35.5. The lowest BCUT2D eigenvalue weighted by atomic mass is 10.1. The van der Waals surface area contributed by atoms with Crippen LogP contribution in [0.4, 0.5) is 5.69 Å².